The molecule has 3 heteroatoms. The summed E-state index contributed by atoms with van der Waals surface area (Å²) in [6, 6.07) is 0.152. The normalized spacial score (nSPS) is 15.7. The Morgan fingerprint density at radius 1 is 1.13 bits per heavy atom. The van der Waals surface area contributed by atoms with Crippen molar-refractivity contribution in [1.29, 1.82) is 0 Å². The molecule has 0 spiro atoms. The molecule has 0 aliphatic carbocycles. The quantitative estimate of drug-likeness (QED) is 0.680. The molecule has 0 aliphatic rings. The fourth-order valence-electron chi connectivity index (χ4n) is 1.58. The Morgan fingerprint density at radius 3 is 2.00 bits per heavy atom. The summed E-state index contributed by atoms with van der Waals surface area (Å²) >= 11 is 0. The number of nitrogens with two attached hydrogens (primary N) is 1. The molecule has 90 valence electrons. The van der Waals surface area contributed by atoms with Gasteiger partial charge in [0, 0.05) is 6.04 Å². The molecule has 2 unspecified atom stereocenters. The van der Waals surface area contributed by atoms with Gasteiger partial charge in [-0.15, -0.1) is 0 Å². The summed E-state index contributed by atoms with van der Waals surface area (Å²) in [5.74, 6) is 0.714. The lowest BCUT2D eigenvalue weighted by molar-refractivity contribution is -0.121. The predicted molar refractivity (Wildman–Crippen MR) is 64.5 cm³/mol. The van der Waals surface area contributed by atoms with Crippen LogP contribution in [0.3, 0.4) is 0 Å². The van der Waals surface area contributed by atoms with Gasteiger partial charge in [-0.3, -0.25) is 4.79 Å². The van der Waals surface area contributed by atoms with Crippen LogP contribution in [-0.2, 0) is 4.79 Å². The molecule has 0 aromatic heterocycles. The van der Waals surface area contributed by atoms with Crippen molar-refractivity contribution in [2.75, 3.05) is 0 Å². The summed E-state index contributed by atoms with van der Waals surface area (Å²) in [6.07, 6.45) is 2.27. The molecule has 0 bridgehead atoms. The minimum atomic E-state index is -0.249. The molecule has 0 heterocycles. The number of carbonyl (C=O) groups is 1. The van der Waals surface area contributed by atoms with E-state index in [1.807, 2.05) is 13.8 Å². The van der Waals surface area contributed by atoms with Crippen LogP contribution >= 0.6 is 0 Å². The van der Waals surface area contributed by atoms with Crippen LogP contribution in [-0.4, -0.2) is 18.0 Å². The van der Waals surface area contributed by atoms with E-state index in [9.17, 15) is 4.79 Å². The number of nitrogens with one attached hydrogen (secondary N) is 1. The smallest absolute Gasteiger partial charge is 0.234 e. The molecule has 1 amide bonds. The molecule has 3 N–H and O–H groups in total. The van der Waals surface area contributed by atoms with E-state index in [-0.39, 0.29) is 17.9 Å². The first kappa shape index (κ1) is 14.4. The predicted octanol–water partition coefficient (Wildman–Crippen LogP) is 1.91. The van der Waals surface area contributed by atoms with Gasteiger partial charge in [0.15, 0.2) is 0 Å². The second kappa shape index (κ2) is 6.83. The second-order valence-corrected chi connectivity index (χ2v) is 5.16. The molecule has 0 aromatic carbocycles. The van der Waals surface area contributed by atoms with Gasteiger partial charge in [-0.2, -0.15) is 0 Å². The largest absolute Gasteiger partial charge is 0.368 e. The number of primary amides is 1. The number of hydrogen-bond donors (Lipinski definition) is 2. The third-order valence-corrected chi connectivity index (χ3v) is 2.61. The fraction of sp³-hybridized carbons (Fsp3) is 0.917. The van der Waals surface area contributed by atoms with E-state index in [2.05, 4.69) is 26.1 Å². The van der Waals surface area contributed by atoms with E-state index in [0.717, 1.165) is 6.42 Å². The Kier molecular flexibility index (Phi) is 6.57. The van der Waals surface area contributed by atoms with Gasteiger partial charge in [-0.25, -0.2) is 0 Å². The fourth-order valence-corrected chi connectivity index (χ4v) is 1.58. The highest BCUT2D eigenvalue weighted by Crippen LogP contribution is 2.09. The zero-order valence-electron chi connectivity index (χ0n) is 10.7. The molecule has 0 saturated carbocycles. The van der Waals surface area contributed by atoms with Crippen LogP contribution in [0.4, 0.5) is 0 Å². The van der Waals surface area contributed by atoms with E-state index in [1.165, 1.54) is 6.42 Å². The highest BCUT2D eigenvalue weighted by atomic mass is 16.1. The maximum absolute atomic E-state index is 11.2. The van der Waals surface area contributed by atoms with Crippen molar-refractivity contribution in [1.82, 2.24) is 5.32 Å². The van der Waals surface area contributed by atoms with Crippen LogP contribution in [0.2, 0.25) is 0 Å². The molecular weight excluding hydrogens is 188 g/mol. The average Bonchev–Trinajstić information content (AvgIpc) is 2.09. The molecule has 0 aromatic rings. The Balaban J connectivity index is 4.00. The number of hydrogen-bond acceptors (Lipinski definition) is 2. The van der Waals surface area contributed by atoms with Crippen molar-refractivity contribution in [2.45, 2.75) is 59.5 Å². The Hall–Kier alpha value is -0.570. The van der Waals surface area contributed by atoms with Crippen LogP contribution in [0.1, 0.15) is 47.5 Å². The number of carbonyl (C=O) groups excluding carboxylic acids is 1. The van der Waals surface area contributed by atoms with Gasteiger partial charge in [0.25, 0.3) is 0 Å². The average molecular weight is 214 g/mol. The van der Waals surface area contributed by atoms with E-state index in [1.54, 1.807) is 0 Å². The molecule has 3 nitrogen and oxygen atoms in total. The lowest BCUT2D eigenvalue weighted by Crippen LogP contribution is -2.48. The SMILES string of the molecule is CC(C)CCC(C)NC(C(N)=O)C(C)C. The molecule has 0 rings (SSSR count). The van der Waals surface area contributed by atoms with Crippen molar-refractivity contribution in [3.8, 4) is 0 Å². The highest BCUT2D eigenvalue weighted by Gasteiger charge is 2.20. The van der Waals surface area contributed by atoms with Gasteiger partial charge >= 0.3 is 0 Å². The number of rotatable bonds is 7. The maximum atomic E-state index is 11.2. The third kappa shape index (κ3) is 6.50. The summed E-state index contributed by atoms with van der Waals surface area (Å²) in [5, 5.41) is 3.30. The summed E-state index contributed by atoms with van der Waals surface area (Å²) in [5.41, 5.74) is 5.34. The van der Waals surface area contributed by atoms with E-state index < -0.39 is 0 Å². The molecule has 0 saturated heterocycles. The van der Waals surface area contributed by atoms with Gasteiger partial charge < -0.3 is 11.1 Å². The molecule has 0 aliphatic heterocycles. The van der Waals surface area contributed by atoms with Crippen molar-refractivity contribution >= 4 is 5.91 Å². The summed E-state index contributed by atoms with van der Waals surface area (Å²) in [6.45, 7) is 10.6. The van der Waals surface area contributed by atoms with Gasteiger partial charge in [0.1, 0.15) is 0 Å². The topological polar surface area (TPSA) is 55.1 Å². The van der Waals surface area contributed by atoms with Crippen molar-refractivity contribution in [3.63, 3.8) is 0 Å². The van der Waals surface area contributed by atoms with Crippen LogP contribution in [0, 0.1) is 11.8 Å². The van der Waals surface area contributed by atoms with Crippen molar-refractivity contribution in [2.24, 2.45) is 17.6 Å². The van der Waals surface area contributed by atoms with E-state index in [4.69, 9.17) is 5.73 Å². The molecule has 2 atom stereocenters. The zero-order valence-corrected chi connectivity index (χ0v) is 10.7. The summed E-state index contributed by atoms with van der Waals surface area (Å²) in [4.78, 5) is 11.2. The van der Waals surface area contributed by atoms with E-state index >= 15 is 0 Å². The minimum Gasteiger partial charge on any atom is -0.368 e. The van der Waals surface area contributed by atoms with Gasteiger partial charge in [-0.1, -0.05) is 27.7 Å². The van der Waals surface area contributed by atoms with E-state index in [0.29, 0.717) is 12.0 Å². The molecule has 0 fully saturated rings. The maximum Gasteiger partial charge on any atom is 0.234 e. The van der Waals surface area contributed by atoms with Crippen LogP contribution in [0.15, 0.2) is 0 Å². The third-order valence-electron chi connectivity index (χ3n) is 2.61. The monoisotopic (exact) mass is 214 g/mol. The Bertz CT molecular complexity index is 190. The van der Waals surface area contributed by atoms with Crippen molar-refractivity contribution < 1.29 is 4.79 Å². The van der Waals surface area contributed by atoms with Gasteiger partial charge in [0.2, 0.25) is 5.91 Å². The van der Waals surface area contributed by atoms with Gasteiger partial charge in [-0.05, 0) is 31.6 Å². The van der Waals surface area contributed by atoms with Crippen LogP contribution < -0.4 is 11.1 Å². The summed E-state index contributed by atoms with van der Waals surface area (Å²) in [7, 11) is 0. The second-order valence-electron chi connectivity index (χ2n) is 5.16. The van der Waals surface area contributed by atoms with Crippen molar-refractivity contribution in [3.05, 3.63) is 0 Å². The Morgan fingerprint density at radius 2 is 1.67 bits per heavy atom. The standard InChI is InChI=1S/C12H26N2O/c1-8(2)6-7-10(5)14-11(9(3)4)12(13)15/h8-11,14H,6-7H2,1-5H3,(H2,13,15). The first-order valence-corrected chi connectivity index (χ1v) is 5.90. The summed E-state index contributed by atoms with van der Waals surface area (Å²) < 4.78 is 0. The Labute approximate surface area is 93.8 Å². The zero-order chi connectivity index (χ0) is 12.0. The first-order chi connectivity index (χ1) is 6.84. The molecule has 15 heavy (non-hydrogen) atoms. The highest BCUT2D eigenvalue weighted by molar-refractivity contribution is 5.80. The first-order valence-electron chi connectivity index (χ1n) is 5.90. The lowest BCUT2D eigenvalue weighted by atomic mass is 10.00. The van der Waals surface area contributed by atoms with Crippen LogP contribution in [0.5, 0.6) is 0 Å². The number of amides is 1. The van der Waals surface area contributed by atoms with Gasteiger partial charge in [0.05, 0.1) is 6.04 Å². The molecular formula is C12H26N2O. The minimum absolute atomic E-state index is 0.202. The molecule has 0 radical (unpaired) electrons. The lowest BCUT2D eigenvalue weighted by Gasteiger charge is -2.24. The van der Waals surface area contributed by atoms with Crippen LogP contribution in [0.25, 0.3) is 0 Å².